The summed E-state index contributed by atoms with van der Waals surface area (Å²) in [6, 6.07) is 0.396. The average Bonchev–Trinajstić information content (AvgIpc) is 2.81. The van der Waals surface area contributed by atoms with E-state index in [0.717, 1.165) is 6.07 Å². The van der Waals surface area contributed by atoms with Gasteiger partial charge in [0.2, 0.25) is 0 Å². The van der Waals surface area contributed by atoms with Crippen molar-refractivity contribution in [1.29, 1.82) is 0 Å². The van der Waals surface area contributed by atoms with E-state index in [4.69, 9.17) is 16.4 Å². The monoisotopic (exact) mass is 365 g/mol. The lowest BCUT2D eigenvalue weighted by atomic mass is 10.1. The molecule has 1 aliphatic rings. The Bertz CT molecular complexity index is 951. The van der Waals surface area contributed by atoms with E-state index in [1.165, 1.54) is 0 Å². The highest BCUT2D eigenvalue weighted by Crippen LogP contribution is 2.43. The molecule has 2 N–H and O–H groups in total. The summed E-state index contributed by atoms with van der Waals surface area (Å²) in [5.41, 5.74) is -2.52. The van der Waals surface area contributed by atoms with Crippen molar-refractivity contribution in [2.75, 3.05) is 0 Å². The van der Waals surface area contributed by atoms with Crippen LogP contribution < -0.4 is 21.6 Å². The van der Waals surface area contributed by atoms with Crippen molar-refractivity contribution < 1.29 is 22.4 Å². The number of fused-ring (bicyclic) bond motifs is 1. The van der Waals surface area contributed by atoms with Crippen molar-refractivity contribution in [3.8, 4) is 11.4 Å². The number of alkyl halides is 3. The Hall–Kier alpha value is -2.33. The minimum Gasteiger partial charge on any atom is -0.405 e. The number of aromatic amines is 1. The lowest BCUT2D eigenvalue weighted by molar-refractivity contribution is -0.143. The first-order valence-electron chi connectivity index (χ1n) is 6.49. The zero-order chi connectivity index (χ0) is 17.8. The summed E-state index contributed by atoms with van der Waals surface area (Å²) in [5.74, 6) is -1.57. The molecule has 2 aromatic rings. The third-order valence-corrected chi connectivity index (χ3v) is 3.74. The Labute approximate surface area is 135 Å². The van der Waals surface area contributed by atoms with E-state index >= 15 is 0 Å². The van der Waals surface area contributed by atoms with Crippen LogP contribution in [-0.4, -0.2) is 9.55 Å². The van der Waals surface area contributed by atoms with Gasteiger partial charge in [0.25, 0.3) is 5.56 Å². The van der Waals surface area contributed by atoms with Gasteiger partial charge in [-0.2, -0.15) is 13.2 Å². The lowest BCUT2D eigenvalue weighted by Gasteiger charge is -2.17. The maximum atomic E-state index is 14.4. The zero-order valence-electron chi connectivity index (χ0n) is 11.8. The number of hydrogen-bond acceptors (Lipinski definition) is 4. The molecule has 6 nitrogen and oxygen atoms in total. The average molecular weight is 366 g/mol. The second-order valence-electron chi connectivity index (χ2n) is 5.03. The highest BCUT2D eigenvalue weighted by Gasteiger charge is 2.39. The molecule has 0 fully saturated rings. The van der Waals surface area contributed by atoms with E-state index < -0.39 is 40.7 Å². The molecule has 2 heterocycles. The van der Waals surface area contributed by atoms with Crippen LogP contribution in [0.4, 0.5) is 17.6 Å². The van der Waals surface area contributed by atoms with Crippen LogP contribution in [0.3, 0.4) is 0 Å². The van der Waals surface area contributed by atoms with E-state index in [2.05, 4.69) is 5.48 Å². The highest BCUT2D eigenvalue weighted by molar-refractivity contribution is 6.31. The molecular weight excluding hydrogens is 358 g/mol. The van der Waals surface area contributed by atoms with E-state index in [1.54, 1.807) is 11.9 Å². The number of rotatable bonds is 1. The fraction of sp³-hybridized carbons (Fsp3) is 0.231. The van der Waals surface area contributed by atoms with Crippen LogP contribution in [0.1, 0.15) is 24.2 Å². The Morgan fingerprint density at radius 3 is 2.58 bits per heavy atom. The predicted molar refractivity (Wildman–Crippen MR) is 74.8 cm³/mol. The van der Waals surface area contributed by atoms with Crippen molar-refractivity contribution in [1.82, 2.24) is 15.0 Å². The Morgan fingerprint density at radius 1 is 1.29 bits per heavy atom. The zero-order valence-corrected chi connectivity index (χ0v) is 12.5. The molecule has 0 saturated heterocycles. The molecule has 0 aliphatic carbocycles. The van der Waals surface area contributed by atoms with Crippen molar-refractivity contribution in [3.63, 3.8) is 0 Å². The van der Waals surface area contributed by atoms with Gasteiger partial charge in [-0.05, 0) is 13.0 Å². The van der Waals surface area contributed by atoms with Crippen LogP contribution in [0.2, 0.25) is 5.02 Å². The second-order valence-corrected chi connectivity index (χ2v) is 5.44. The van der Waals surface area contributed by atoms with Gasteiger partial charge in [-0.15, -0.1) is 5.48 Å². The summed E-state index contributed by atoms with van der Waals surface area (Å²) >= 11 is 5.90. The van der Waals surface area contributed by atoms with Crippen LogP contribution in [0.5, 0.6) is 5.75 Å². The number of H-pyrrole nitrogens is 1. The second kappa shape index (κ2) is 5.35. The Morgan fingerprint density at radius 2 is 1.96 bits per heavy atom. The molecule has 1 unspecified atom stereocenters. The number of hydrogen-bond donors (Lipinski definition) is 2. The SMILES string of the molecule is CC1NOc2c1c(Cl)cc(F)c2-n1c(C(F)(F)F)cc(=O)[nH]c1=O. The number of halogens is 5. The third kappa shape index (κ3) is 2.47. The van der Waals surface area contributed by atoms with Gasteiger partial charge < -0.3 is 4.84 Å². The Balaban J connectivity index is 2.45. The van der Waals surface area contributed by atoms with Gasteiger partial charge in [-0.25, -0.2) is 9.18 Å². The third-order valence-electron chi connectivity index (χ3n) is 3.42. The fourth-order valence-corrected chi connectivity index (χ4v) is 2.79. The molecule has 0 amide bonds. The topological polar surface area (TPSA) is 76.1 Å². The predicted octanol–water partition coefficient (Wildman–Crippen LogP) is 2.30. The van der Waals surface area contributed by atoms with E-state index in [-0.39, 0.29) is 27.0 Å². The van der Waals surface area contributed by atoms with Crippen LogP contribution >= 0.6 is 11.6 Å². The normalized spacial score (nSPS) is 16.8. The van der Waals surface area contributed by atoms with Crippen LogP contribution in [-0.2, 0) is 6.18 Å². The van der Waals surface area contributed by atoms with Gasteiger partial charge in [-0.3, -0.25) is 14.3 Å². The molecule has 11 heteroatoms. The van der Waals surface area contributed by atoms with Gasteiger partial charge in [0.05, 0.1) is 11.1 Å². The molecule has 0 radical (unpaired) electrons. The number of nitrogens with one attached hydrogen (secondary N) is 2. The molecule has 1 aromatic carbocycles. The van der Waals surface area contributed by atoms with Crippen molar-refractivity contribution >= 4 is 11.6 Å². The van der Waals surface area contributed by atoms with E-state index in [0.29, 0.717) is 0 Å². The summed E-state index contributed by atoms with van der Waals surface area (Å²) in [4.78, 5) is 29.9. The van der Waals surface area contributed by atoms with Crippen LogP contribution in [0.25, 0.3) is 5.69 Å². The maximum Gasteiger partial charge on any atom is 0.432 e. The first kappa shape index (κ1) is 16.5. The maximum absolute atomic E-state index is 14.4. The number of benzene rings is 1. The molecule has 1 aromatic heterocycles. The van der Waals surface area contributed by atoms with E-state index in [1.807, 2.05) is 0 Å². The molecule has 1 aliphatic heterocycles. The number of aromatic nitrogens is 2. The smallest absolute Gasteiger partial charge is 0.405 e. The van der Waals surface area contributed by atoms with E-state index in [9.17, 15) is 27.2 Å². The molecule has 128 valence electrons. The van der Waals surface area contributed by atoms with Gasteiger partial charge >= 0.3 is 11.9 Å². The first-order valence-corrected chi connectivity index (χ1v) is 6.87. The molecule has 3 rings (SSSR count). The molecule has 0 spiro atoms. The van der Waals surface area contributed by atoms with Gasteiger partial charge in [0, 0.05) is 11.6 Å². The quantitative estimate of drug-likeness (QED) is 0.760. The first-order chi connectivity index (χ1) is 11.1. The van der Waals surface area contributed by atoms with Gasteiger partial charge in [0.15, 0.2) is 11.6 Å². The summed E-state index contributed by atoms with van der Waals surface area (Å²) in [7, 11) is 0. The van der Waals surface area contributed by atoms with Crippen LogP contribution in [0.15, 0.2) is 21.7 Å². The summed E-state index contributed by atoms with van der Waals surface area (Å²) in [5, 5.41) is -0.0743. The Kier molecular flexibility index (Phi) is 3.68. The van der Waals surface area contributed by atoms with Crippen molar-refractivity contribution in [3.05, 3.63) is 55.1 Å². The van der Waals surface area contributed by atoms with Gasteiger partial charge in [0.1, 0.15) is 11.4 Å². The van der Waals surface area contributed by atoms with Crippen molar-refractivity contribution in [2.24, 2.45) is 0 Å². The van der Waals surface area contributed by atoms with Crippen LogP contribution in [0, 0.1) is 5.82 Å². The standard InChI is InChI=1S/C13H8ClF4N3O3/c1-4-9-5(14)2-6(15)10(11(9)24-20-4)21-7(13(16,17)18)3-8(22)19-12(21)23/h2-4,20H,1H3,(H,19,22,23). The molecule has 0 saturated carbocycles. The van der Waals surface area contributed by atoms with Crippen molar-refractivity contribution in [2.45, 2.75) is 19.1 Å². The fourth-order valence-electron chi connectivity index (χ4n) is 2.45. The lowest BCUT2D eigenvalue weighted by Crippen LogP contribution is -2.35. The minimum atomic E-state index is -5.08. The number of nitrogens with zero attached hydrogens (tertiary/aromatic N) is 1. The molecule has 0 bridgehead atoms. The number of hydroxylamine groups is 1. The van der Waals surface area contributed by atoms with Gasteiger partial charge in [-0.1, -0.05) is 11.6 Å². The summed E-state index contributed by atoms with van der Waals surface area (Å²) < 4.78 is 54.0. The molecule has 1 atom stereocenters. The largest absolute Gasteiger partial charge is 0.432 e. The summed E-state index contributed by atoms with van der Waals surface area (Å²) in [6.07, 6.45) is -5.08. The molecular formula is C13H8ClF4N3O3. The molecule has 24 heavy (non-hydrogen) atoms. The summed E-state index contributed by atoms with van der Waals surface area (Å²) in [6.45, 7) is 1.58. The highest BCUT2D eigenvalue weighted by atomic mass is 35.5. The minimum absolute atomic E-state index is 0.00557.